The van der Waals surface area contributed by atoms with Gasteiger partial charge in [0.1, 0.15) is 0 Å². The Kier molecular flexibility index (Phi) is 5.19. The van der Waals surface area contributed by atoms with Crippen molar-refractivity contribution < 1.29 is 9.53 Å². The molecule has 1 rings (SSSR count). The summed E-state index contributed by atoms with van der Waals surface area (Å²) in [4.78, 5) is 37.6. The van der Waals surface area contributed by atoms with Crippen molar-refractivity contribution in [2.24, 2.45) is 0 Å². The van der Waals surface area contributed by atoms with Gasteiger partial charge in [-0.3, -0.25) is 14.6 Å². The summed E-state index contributed by atoms with van der Waals surface area (Å²) < 4.78 is 4.95. The minimum Gasteiger partial charge on any atom is -0.465 e. The van der Waals surface area contributed by atoms with Gasteiger partial charge in [-0.15, -0.1) is 0 Å². The van der Waals surface area contributed by atoms with Crippen LogP contribution < -0.4 is 11.2 Å². The molecule has 0 aliphatic carbocycles. The van der Waals surface area contributed by atoms with Crippen molar-refractivity contribution in [2.75, 3.05) is 6.61 Å². The zero-order valence-corrected chi connectivity index (χ0v) is 9.75. The number of aromatic amines is 2. The fourth-order valence-corrected chi connectivity index (χ4v) is 1.36. The first kappa shape index (κ1) is 13.2. The highest BCUT2D eigenvalue weighted by Crippen LogP contribution is 1.97. The van der Waals surface area contributed by atoms with Crippen molar-refractivity contribution >= 4 is 5.97 Å². The molecule has 0 unspecified atom stereocenters. The number of rotatable bonds is 6. The van der Waals surface area contributed by atoms with Crippen LogP contribution in [0, 0.1) is 0 Å². The van der Waals surface area contributed by atoms with E-state index in [2.05, 4.69) is 11.9 Å². The first-order chi connectivity index (χ1) is 8.11. The number of nitrogens with one attached hydrogen (secondary N) is 2. The third-order valence-electron chi connectivity index (χ3n) is 2.16. The Morgan fingerprint density at radius 3 is 2.71 bits per heavy atom. The van der Waals surface area contributed by atoms with Gasteiger partial charge in [-0.25, -0.2) is 4.79 Å². The van der Waals surface area contributed by atoms with E-state index >= 15 is 0 Å². The van der Waals surface area contributed by atoms with Crippen LogP contribution in [0.3, 0.4) is 0 Å². The second-order valence-corrected chi connectivity index (χ2v) is 3.72. The van der Waals surface area contributed by atoms with Gasteiger partial charge in [0.15, 0.2) is 0 Å². The molecular formula is C11H16N2O4. The number of carbonyl (C=O) groups is 1. The lowest BCUT2D eigenvalue weighted by Gasteiger charge is -2.03. The van der Waals surface area contributed by atoms with E-state index in [-0.39, 0.29) is 12.1 Å². The molecule has 0 fully saturated rings. The Hall–Kier alpha value is -1.85. The van der Waals surface area contributed by atoms with E-state index in [9.17, 15) is 14.4 Å². The minimum absolute atomic E-state index is 0.0920. The summed E-state index contributed by atoms with van der Waals surface area (Å²) in [5.41, 5.74) is -0.881. The summed E-state index contributed by atoms with van der Waals surface area (Å²) in [7, 11) is 0. The molecule has 0 aliphatic heterocycles. The van der Waals surface area contributed by atoms with E-state index in [0.29, 0.717) is 6.61 Å². The topological polar surface area (TPSA) is 92.0 Å². The normalized spacial score (nSPS) is 10.2. The smallest absolute Gasteiger partial charge is 0.325 e. The summed E-state index contributed by atoms with van der Waals surface area (Å²) in [5.74, 6) is -0.442. The quantitative estimate of drug-likeness (QED) is 0.554. The van der Waals surface area contributed by atoms with Crippen LogP contribution >= 0.6 is 0 Å². The Bertz CT molecular complexity index is 447. The molecule has 0 bridgehead atoms. The molecule has 1 aromatic heterocycles. The molecule has 0 aromatic carbocycles. The molecule has 0 saturated carbocycles. The van der Waals surface area contributed by atoms with Crippen LogP contribution in [0.5, 0.6) is 0 Å². The van der Waals surface area contributed by atoms with Crippen molar-refractivity contribution in [2.45, 2.75) is 32.6 Å². The van der Waals surface area contributed by atoms with Crippen molar-refractivity contribution in [1.29, 1.82) is 0 Å². The zero-order valence-electron chi connectivity index (χ0n) is 9.75. The molecule has 0 aliphatic rings. The average Bonchev–Trinajstić information content (AvgIpc) is 2.23. The van der Waals surface area contributed by atoms with Crippen LogP contribution in [0.2, 0.25) is 0 Å². The monoisotopic (exact) mass is 240 g/mol. The van der Waals surface area contributed by atoms with E-state index in [1.807, 2.05) is 4.98 Å². The second-order valence-electron chi connectivity index (χ2n) is 3.72. The summed E-state index contributed by atoms with van der Waals surface area (Å²) in [6, 6.07) is 1.18. The third-order valence-corrected chi connectivity index (χ3v) is 2.16. The third kappa shape index (κ3) is 5.14. The molecule has 2 N–H and O–H groups in total. The second kappa shape index (κ2) is 6.67. The van der Waals surface area contributed by atoms with Crippen molar-refractivity contribution in [3.63, 3.8) is 0 Å². The lowest BCUT2D eigenvalue weighted by atomic mass is 10.2. The van der Waals surface area contributed by atoms with Gasteiger partial charge in [-0.2, -0.15) is 0 Å². The highest BCUT2D eigenvalue weighted by molar-refractivity contribution is 5.71. The first-order valence-corrected chi connectivity index (χ1v) is 5.60. The summed E-state index contributed by atoms with van der Waals surface area (Å²) in [6.07, 6.45) is 2.80. The SMILES string of the molecule is CCCCCOC(=O)Cc1cc(=O)[nH]c(=O)[nH]1. The average molecular weight is 240 g/mol. The van der Waals surface area contributed by atoms with E-state index in [0.717, 1.165) is 19.3 Å². The summed E-state index contributed by atoms with van der Waals surface area (Å²) in [6.45, 7) is 2.43. The highest BCUT2D eigenvalue weighted by Gasteiger charge is 2.06. The molecule has 94 valence electrons. The number of hydrogen-bond donors (Lipinski definition) is 2. The van der Waals surface area contributed by atoms with Crippen LogP contribution in [0.25, 0.3) is 0 Å². The van der Waals surface area contributed by atoms with Crippen molar-refractivity contribution in [3.8, 4) is 0 Å². The van der Waals surface area contributed by atoms with Gasteiger partial charge in [0, 0.05) is 11.8 Å². The molecule has 6 nitrogen and oxygen atoms in total. The number of carbonyl (C=O) groups excluding carboxylic acids is 1. The molecule has 6 heteroatoms. The maximum Gasteiger partial charge on any atom is 0.325 e. The van der Waals surface area contributed by atoms with Gasteiger partial charge in [0.25, 0.3) is 5.56 Å². The molecular weight excluding hydrogens is 224 g/mol. The van der Waals surface area contributed by atoms with E-state index < -0.39 is 17.2 Å². The van der Waals surface area contributed by atoms with Gasteiger partial charge in [-0.05, 0) is 6.42 Å². The van der Waals surface area contributed by atoms with Crippen molar-refractivity contribution in [3.05, 3.63) is 32.6 Å². The van der Waals surface area contributed by atoms with Crippen LogP contribution in [-0.2, 0) is 16.0 Å². The molecule has 0 atom stereocenters. The number of ether oxygens (including phenoxy) is 1. The first-order valence-electron chi connectivity index (χ1n) is 5.60. The standard InChI is InChI=1S/C11H16N2O4/c1-2-3-4-5-17-10(15)7-8-6-9(14)13-11(16)12-8/h6H,2-5,7H2,1H3,(H2,12,13,14,16). The molecule has 0 spiro atoms. The molecule has 1 aromatic rings. The predicted molar refractivity (Wildman–Crippen MR) is 61.9 cm³/mol. The molecule has 1 heterocycles. The van der Waals surface area contributed by atoms with Gasteiger partial charge < -0.3 is 9.72 Å². The minimum atomic E-state index is -0.619. The lowest BCUT2D eigenvalue weighted by molar-refractivity contribution is -0.143. The summed E-state index contributed by atoms with van der Waals surface area (Å²) >= 11 is 0. The molecule has 0 saturated heterocycles. The van der Waals surface area contributed by atoms with E-state index in [1.54, 1.807) is 0 Å². The van der Waals surface area contributed by atoms with Gasteiger partial charge in [0.2, 0.25) is 0 Å². The highest BCUT2D eigenvalue weighted by atomic mass is 16.5. The maximum absolute atomic E-state index is 11.3. The number of aromatic nitrogens is 2. The fraction of sp³-hybridized carbons (Fsp3) is 0.545. The Morgan fingerprint density at radius 2 is 2.06 bits per heavy atom. The van der Waals surface area contributed by atoms with Gasteiger partial charge >= 0.3 is 11.7 Å². The zero-order chi connectivity index (χ0) is 12.7. The lowest BCUT2D eigenvalue weighted by Crippen LogP contribution is -2.24. The van der Waals surface area contributed by atoms with Crippen LogP contribution in [0.4, 0.5) is 0 Å². The fourth-order valence-electron chi connectivity index (χ4n) is 1.36. The summed E-state index contributed by atoms with van der Waals surface area (Å²) in [5, 5.41) is 0. The molecule has 0 amide bonds. The number of H-pyrrole nitrogens is 2. The van der Waals surface area contributed by atoms with Crippen molar-refractivity contribution in [1.82, 2.24) is 9.97 Å². The maximum atomic E-state index is 11.3. The Balaban J connectivity index is 2.45. The van der Waals surface area contributed by atoms with Crippen LogP contribution in [-0.4, -0.2) is 22.5 Å². The van der Waals surface area contributed by atoms with Gasteiger partial charge in [0.05, 0.1) is 13.0 Å². The Labute approximate surface area is 98.0 Å². The number of unbranched alkanes of at least 4 members (excludes halogenated alkanes) is 2. The van der Waals surface area contributed by atoms with Gasteiger partial charge in [-0.1, -0.05) is 19.8 Å². The number of esters is 1. The van der Waals surface area contributed by atoms with Crippen LogP contribution in [0.1, 0.15) is 31.9 Å². The van der Waals surface area contributed by atoms with E-state index in [1.165, 1.54) is 6.07 Å². The molecule has 0 radical (unpaired) electrons. The Morgan fingerprint density at radius 1 is 1.29 bits per heavy atom. The van der Waals surface area contributed by atoms with Crippen LogP contribution in [0.15, 0.2) is 15.7 Å². The largest absolute Gasteiger partial charge is 0.465 e. The molecule has 17 heavy (non-hydrogen) atoms. The van der Waals surface area contributed by atoms with E-state index in [4.69, 9.17) is 4.74 Å². The predicted octanol–water partition coefficient (Wildman–Crippen LogP) is 0.339. The number of hydrogen-bond acceptors (Lipinski definition) is 4.